The van der Waals surface area contributed by atoms with Crippen LogP contribution in [0, 0.1) is 46.8 Å². The Morgan fingerprint density at radius 2 is 1.32 bits per heavy atom. The zero-order chi connectivity index (χ0) is 28.9. The number of esters is 1. The third-order valence-electron chi connectivity index (χ3n) is 11.8. The summed E-state index contributed by atoms with van der Waals surface area (Å²) >= 11 is 6.37. The molecule has 5 nitrogen and oxygen atoms in total. The first kappa shape index (κ1) is 32.3. The van der Waals surface area contributed by atoms with E-state index in [4.69, 9.17) is 25.8 Å². The topological polar surface area (TPSA) is 61.8 Å². The number of carbonyl (C=O) groups excluding carboxylic acids is 2. The van der Waals surface area contributed by atoms with E-state index in [1.165, 1.54) is 26.2 Å². The average Bonchev–Trinajstić information content (AvgIpc) is 2.96. The standard InChI is InChI=1S/C34H57ClO5/c1-22-6-8-24(9-7-22)33(37)25-10-14-30(15-11-25)40-32-17-13-29(19-27(32)21-39-23(2)36)34(3,4)28-12-16-31(38-5)26(18-28)20-35/h22,24-32H,6-21H2,1-5H3. The van der Waals surface area contributed by atoms with Crippen molar-refractivity contribution in [1.82, 2.24) is 0 Å². The van der Waals surface area contributed by atoms with Gasteiger partial charge in [-0.15, -0.1) is 11.6 Å². The monoisotopic (exact) mass is 580 g/mol. The van der Waals surface area contributed by atoms with Gasteiger partial charge in [0.1, 0.15) is 5.78 Å². The van der Waals surface area contributed by atoms with Gasteiger partial charge in [0.2, 0.25) is 0 Å². The van der Waals surface area contributed by atoms with Gasteiger partial charge >= 0.3 is 5.97 Å². The average molecular weight is 581 g/mol. The lowest BCUT2D eigenvalue weighted by atomic mass is 9.58. The molecular weight excluding hydrogens is 524 g/mol. The van der Waals surface area contributed by atoms with Gasteiger partial charge in [-0.2, -0.15) is 0 Å². The van der Waals surface area contributed by atoms with Crippen molar-refractivity contribution in [2.45, 2.75) is 136 Å². The summed E-state index contributed by atoms with van der Waals surface area (Å²) in [4.78, 5) is 25.0. The van der Waals surface area contributed by atoms with Gasteiger partial charge in [-0.3, -0.25) is 9.59 Å². The van der Waals surface area contributed by atoms with E-state index in [1.54, 1.807) is 0 Å². The maximum atomic E-state index is 13.2. The van der Waals surface area contributed by atoms with Crippen LogP contribution in [0.15, 0.2) is 0 Å². The first-order valence-electron chi connectivity index (χ1n) is 16.5. The zero-order valence-electron chi connectivity index (χ0n) is 26.0. The Balaban J connectivity index is 1.32. The van der Waals surface area contributed by atoms with Gasteiger partial charge in [0.15, 0.2) is 0 Å². The molecular formula is C34H57ClO5. The van der Waals surface area contributed by atoms with Crippen LogP contribution in [-0.2, 0) is 23.8 Å². The number of hydrogen-bond acceptors (Lipinski definition) is 5. The molecule has 0 aromatic heterocycles. The van der Waals surface area contributed by atoms with Crippen LogP contribution in [0.3, 0.4) is 0 Å². The van der Waals surface area contributed by atoms with Crippen LogP contribution in [0.5, 0.6) is 0 Å². The molecule has 0 aliphatic heterocycles. The summed E-state index contributed by atoms with van der Waals surface area (Å²) in [6.07, 6.45) is 15.7. The van der Waals surface area contributed by atoms with E-state index >= 15 is 0 Å². The number of hydrogen-bond donors (Lipinski definition) is 0. The maximum Gasteiger partial charge on any atom is 0.302 e. The predicted molar refractivity (Wildman–Crippen MR) is 160 cm³/mol. The number of rotatable bonds is 10. The Labute approximate surface area is 249 Å². The van der Waals surface area contributed by atoms with Gasteiger partial charge < -0.3 is 14.2 Å². The van der Waals surface area contributed by atoms with Crippen molar-refractivity contribution in [2.75, 3.05) is 19.6 Å². The van der Waals surface area contributed by atoms with Gasteiger partial charge in [-0.25, -0.2) is 0 Å². The lowest BCUT2D eigenvalue weighted by Crippen LogP contribution is -2.45. The second-order valence-corrected chi connectivity index (χ2v) is 14.9. The zero-order valence-corrected chi connectivity index (χ0v) is 26.8. The molecule has 0 heterocycles. The molecule has 6 atom stereocenters. The van der Waals surface area contributed by atoms with Crippen LogP contribution in [0.1, 0.15) is 118 Å². The lowest BCUT2D eigenvalue weighted by molar-refractivity contribution is -0.150. The molecule has 0 bridgehead atoms. The molecule has 0 radical (unpaired) electrons. The van der Waals surface area contributed by atoms with Crippen LogP contribution < -0.4 is 0 Å². The van der Waals surface area contributed by atoms with Gasteiger partial charge in [0.25, 0.3) is 0 Å². The van der Waals surface area contributed by atoms with Gasteiger partial charge in [0.05, 0.1) is 24.9 Å². The summed E-state index contributed by atoms with van der Waals surface area (Å²) in [6, 6.07) is 0. The minimum atomic E-state index is -0.209. The highest BCUT2D eigenvalue weighted by molar-refractivity contribution is 6.18. The Morgan fingerprint density at radius 1 is 0.775 bits per heavy atom. The highest BCUT2D eigenvalue weighted by Gasteiger charge is 2.46. The molecule has 0 aromatic rings. The molecule has 4 aliphatic carbocycles. The molecule has 6 unspecified atom stereocenters. The highest BCUT2D eigenvalue weighted by atomic mass is 35.5. The molecule has 4 fully saturated rings. The maximum absolute atomic E-state index is 13.2. The Morgan fingerprint density at radius 3 is 1.88 bits per heavy atom. The van der Waals surface area contributed by atoms with Crippen LogP contribution >= 0.6 is 11.6 Å². The normalized spacial score (nSPS) is 39.5. The molecule has 4 saturated carbocycles. The van der Waals surface area contributed by atoms with E-state index in [1.807, 2.05) is 7.11 Å². The van der Waals surface area contributed by atoms with E-state index in [9.17, 15) is 9.59 Å². The van der Waals surface area contributed by atoms with E-state index in [0.29, 0.717) is 41.9 Å². The van der Waals surface area contributed by atoms with Crippen molar-refractivity contribution in [2.24, 2.45) is 46.8 Å². The second kappa shape index (κ2) is 14.7. The molecule has 4 aliphatic rings. The predicted octanol–water partition coefficient (Wildman–Crippen LogP) is 8.00. The third kappa shape index (κ3) is 8.04. The molecule has 0 amide bonds. The molecule has 0 aromatic carbocycles. The molecule has 230 valence electrons. The van der Waals surface area contributed by atoms with Crippen LogP contribution in [0.4, 0.5) is 0 Å². The van der Waals surface area contributed by atoms with Gasteiger partial charge in [-0.05, 0) is 106 Å². The highest BCUT2D eigenvalue weighted by Crippen LogP contribution is 2.51. The summed E-state index contributed by atoms with van der Waals surface area (Å²) in [5.41, 5.74) is 0.192. The van der Waals surface area contributed by atoms with E-state index in [2.05, 4.69) is 20.8 Å². The SMILES string of the molecule is COC1CCC(C(C)(C)C2CCC(OC3CCC(C(=O)C4CCC(C)CC4)CC3)C(COC(C)=O)C2)CC1CCl. The molecule has 6 heteroatoms. The quantitative estimate of drug-likeness (QED) is 0.193. The van der Waals surface area contributed by atoms with Crippen molar-refractivity contribution < 1.29 is 23.8 Å². The summed E-state index contributed by atoms with van der Waals surface area (Å²) in [5.74, 6) is 4.15. The number of ketones is 1. The number of ether oxygens (including phenoxy) is 3. The smallest absolute Gasteiger partial charge is 0.302 e. The summed E-state index contributed by atoms with van der Waals surface area (Å²) in [6.45, 7) is 9.18. The third-order valence-corrected chi connectivity index (χ3v) is 12.2. The van der Waals surface area contributed by atoms with Crippen LogP contribution in [-0.4, -0.2) is 49.7 Å². The Kier molecular flexibility index (Phi) is 11.8. The summed E-state index contributed by atoms with van der Waals surface area (Å²) < 4.78 is 18.1. The number of carbonyl (C=O) groups is 2. The fraction of sp³-hybridized carbons (Fsp3) is 0.941. The number of Topliss-reactive ketones (excluding diaryl/α,β-unsaturated/α-hetero) is 1. The summed E-state index contributed by atoms with van der Waals surface area (Å²) in [7, 11) is 1.82. The summed E-state index contributed by atoms with van der Waals surface area (Å²) in [5, 5.41) is 0. The molecule has 4 rings (SSSR count). The fourth-order valence-electron chi connectivity index (χ4n) is 8.82. The van der Waals surface area contributed by atoms with Crippen molar-refractivity contribution in [1.29, 1.82) is 0 Å². The first-order chi connectivity index (χ1) is 19.1. The van der Waals surface area contributed by atoms with Crippen molar-refractivity contribution in [3.63, 3.8) is 0 Å². The lowest BCUT2D eigenvalue weighted by Gasteiger charge is -2.50. The van der Waals surface area contributed by atoms with E-state index in [-0.39, 0.29) is 41.5 Å². The number of alkyl halides is 1. The molecule has 40 heavy (non-hydrogen) atoms. The van der Waals surface area contributed by atoms with Crippen molar-refractivity contribution in [3.05, 3.63) is 0 Å². The van der Waals surface area contributed by atoms with E-state index in [0.717, 1.165) is 76.5 Å². The number of methoxy groups -OCH3 is 1. The van der Waals surface area contributed by atoms with Crippen LogP contribution in [0.25, 0.3) is 0 Å². The molecule has 0 N–H and O–H groups in total. The van der Waals surface area contributed by atoms with Gasteiger partial charge in [0, 0.05) is 37.7 Å². The Hall–Kier alpha value is -0.650. The first-order valence-corrected chi connectivity index (χ1v) is 17.1. The molecule has 0 spiro atoms. The Bertz CT molecular complexity index is 813. The largest absolute Gasteiger partial charge is 0.465 e. The second-order valence-electron chi connectivity index (χ2n) is 14.6. The fourth-order valence-corrected chi connectivity index (χ4v) is 9.14. The minimum Gasteiger partial charge on any atom is -0.465 e. The van der Waals surface area contributed by atoms with Gasteiger partial charge in [-0.1, -0.05) is 33.6 Å². The van der Waals surface area contributed by atoms with Crippen molar-refractivity contribution >= 4 is 23.4 Å². The molecule has 0 saturated heterocycles. The van der Waals surface area contributed by atoms with Crippen LogP contribution in [0.2, 0.25) is 0 Å². The van der Waals surface area contributed by atoms with Crippen molar-refractivity contribution in [3.8, 4) is 0 Å². The van der Waals surface area contributed by atoms with E-state index < -0.39 is 0 Å². The number of halogens is 1. The minimum absolute atomic E-state index is 0.128.